The van der Waals surface area contributed by atoms with E-state index >= 15 is 0 Å². The molecule has 0 unspecified atom stereocenters. The average Bonchev–Trinajstić information content (AvgIpc) is 2.44. The maximum Gasteiger partial charge on any atom is 0.417 e. The van der Waals surface area contributed by atoms with Crippen molar-refractivity contribution in [3.63, 3.8) is 0 Å². The van der Waals surface area contributed by atoms with Gasteiger partial charge in [-0.25, -0.2) is 4.79 Å². The summed E-state index contributed by atoms with van der Waals surface area (Å²) in [5.41, 5.74) is -1.44. The van der Waals surface area contributed by atoms with Crippen molar-refractivity contribution in [2.45, 2.75) is 51.5 Å². The Morgan fingerprint density at radius 2 is 1.80 bits per heavy atom. The largest absolute Gasteiger partial charge is 0.490 e. The fourth-order valence-corrected chi connectivity index (χ4v) is 2.75. The van der Waals surface area contributed by atoms with E-state index in [1.165, 1.54) is 12.1 Å². The number of likely N-dealkylation sites (tertiary alicyclic amines) is 1. The minimum absolute atomic E-state index is 0.188. The summed E-state index contributed by atoms with van der Waals surface area (Å²) in [5.74, 6) is 0.286. The van der Waals surface area contributed by atoms with E-state index in [2.05, 4.69) is 0 Å². The topological polar surface area (TPSA) is 38.8 Å². The number of ether oxygens (including phenoxy) is 2. The lowest BCUT2D eigenvalue weighted by atomic mass is 10.1. The van der Waals surface area contributed by atoms with Crippen LogP contribution in [0.2, 0.25) is 5.02 Å². The molecule has 140 valence electrons. The zero-order valence-corrected chi connectivity index (χ0v) is 15.1. The Morgan fingerprint density at radius 1 is 1.20 bits per heavy atom. The van der Waals surface area contributed by atoms with E-state index in [1.807, 2.05) is 0 Å². The number of benzene rings is 1. The van der Waals surface area contributed by atoms with Crippen LogP contribution in [-0.2, 0) is 10.9 Å². The highest BCUT2D eigenvalue weighted by Gasteiger charge is 2.33. The molecule has 1 aliphatic heterocycles. The molecule has 0 spiro atoms. The normalized spacial score (nSPS) is 16.7. The van der Waals surface area contributed by atoms with Crippen molar-refractivity contribution in [3.05, 3.63) is 28.8 Å². The van der Waals surface area contributed by atoms with Gasteiger partial charge in [0.1, 0.15) is 17.5 Å². The van der Waals surface area contributed by atoms with Crippen LogP contribution in [0.15, 0.2) is 18.2 Å². The second kappa shape index (κ2) is 7.32. The summed E-state index contributed by atoms with van der Waals surface area (Å²) in [7, 11) is 0. The van der Waals surface area contributed by atoms with Gasteiger partial charge in [0.2, 0.25) is 0 Å². The van der Waals surface area contributed by atoms with Gasteiger partial charge in [-0.3, -0.25) is 0 Å². The molecule has 0 aliphatic carbocycles. The van der Waals surface area contributed by atoms with Crippen molar-refractivity contribution in [1.82, 2.24) is 4.90 Å². The van der Waals surface area contributed by atoms with Crippen LogP contribution in [0.25, 0.3) is 0 Å². The summed E-state index contributed by atoms with van der Waals surface area (Å²) < 4.78 is 49.1. The molecule has 1 amide bonds. The molecule has 1 aromatic carbocycles. The number of carbonyl (C=O) groups excluding carboxylic acids is 1. The van der Waals surface area contributed by atoms with E-state index in [0.29, 0.717) is 25.9 Å². The fourth-order valence-electron chi connectivity index (χ4n) is 2.47. The van der Waals surface area contributed by atoms with E-state index in [4.69, 9.17) is 21.1 Å². The van der Waals surface area contributed by atoms with Gasteiger partial charge in [-0.15, -0.1) is 0 Å². The summed E-state index contributed by atoms with van der Waals surface area (Å²) in [4.78, 5) is 13.6. The van der Waals surface area contributed by atoms with E-state index in [-0.39, 0.29) is 17.9 Å². The zero-order chi connectivity index (χ0) is 18.8. The van der Waals surface area contributed by atoms with Gasteiger partial charge in [0.25, 0.3) is 0 Å². The minimum Gasteiger partial charge on any atom is -0.490 e. The Hall–Kier alpha value is -1.63. The van der Waals surface area contributed by atoms with Gasteiger partial charge < -0.3 is 14.4 Å². The molecule has 0 atom stereocenters. The number of carbonyl (C=O) groups is 1. The number of hydrogen-bond acceptors (Lipinski definition) is 3. The van der Waals surface area contributed by atoms with E-state index in [0.717, 1.165) is 6.07 Å². The first-order chi connectivity index (χ1) is 11.5. The number of halogens is 4. The van der Waals surface area contributed by atoms with Gasteiger partial charge in [-0.05, 0) is 39.0 Å². The van der Waals surface area contributed by atoms with Crippen molar-refractivity contribution in [2.75, 3.05) is 13.1 Å². The molecular formula is C17H21ClF3NO3. The van der Waals surface area contributed by atoms with Gasteiger partial charge in [-0.1, -0.05) is 11.6 Å². The Kier molecular flexibility index (Phi) is 5.76. The molecule has 0 aromatic heterocycles. The van der Waals surface area contributed by atoms with Crippen molar-refractivity contribution in [1.29, 1.82) is 0 Å². The molecule has 0 N–H and O–H groups in total. The van der Waals surface area contributed by atoms with Crippen LogP contribution in [0.3, 0.4) is 0 Å². The van der Waals surface area contributed by atoms with Crippen LogP contribution in [0, 0.1) is 0 Å². The molecule has 4 nitrogen and oxygen atoms in total. The first-order valence-electron chi connectivity index (χ1n) is 7.97. The number of amides is 1. The van der Waals surface area contributed by atoms with Gasteiger partial charge in [0, 0.05) is 25.9 Å². The number of rotatable bonds is 2. The van der Waals surface area contributed by atoms with E-state index in [1.54, 1.807) is 25.7 Å². The zero-order valence-electron chi connectivity index (χ0n) is 14.3. The van der Waals surface area contributed by atoms with Crippen molar-refractivity contribution in [3.8, 4) is 5.75 Å². The maximum atomic E-state index is 12.7. The van der Waals surface area contributed by atoms with Crippen LogP contribution in [0.4, 0.5) is 18.0 Å². The van der Waals surface area contributed by atoms with Crippen molar-refractivity contribution in [2.24, 2.45) is 0 Å². The number of piperidine rings is 1. The van der Waals surface area contributed by atoms with E-state index in [9.17, 15) is 18.0 Å². The first-order valence-corrected chi connectivity index (χ1v) is 8.35. The van der Waals surface area contributed by atoms with Crippen LogP contribution in [0.5, 0.6) is 5.75 Å². The monoisotopic (exact) mass is 379 g/mol. The van der Waals surface area contributed by atoms with Crippen LogP contribution in [0.1, 0.15) is 39.2 Å². The average molecular weight is 380 g/mol. The minimum atomic E-state index is -4.49. The Balaban J connectivity index is 1.90. The second-order valence-corrected chi connectivity index (χ2v) is 7.33. The van der Waals surface area contributed by atoms with Crippen molar-refractivity contribution < 1.29 is 27.4 Å². The lowest BCUT2D eigenvalue weighted by molar-refractivity contribution is -0.137. The molecule has 1 aromatic rings. The van der Waals surface area contributed by atoms with Gasteiger partial charge in [0.05, 0.1) is 10.6 Å². The Morgan fingerprint density at radius 3 is 2.28 bits per heavy atom. The molecule has 1 aliphatic rings. The van der Waals surface area contributed by atoms with Gasteiger partial charge in [-0.2, -0.15) is 13.2 Å². The maximum absolute atomic E-state index is 12.7. The highest BCUT2D eigenvalue weighted by Crippen LogP contribution is 2.36. The molecule has 8 heteroatoms. The summed E-state index contributed by atoms with van der Waals surface area (Å²) in [5, 5.41) is -0.392. The Labute approximate surface area is 149 Å². The van der Waals surface area contributed by atoms with E-state index < -0.39 is 22.4 Å². The summed E-state index contributed by atoms with van der Waals surface area (Å²) in [6.07, 6.45) is -3.92. The lowest BCUT2D eigenvalue weighted by Crippen LogP contribution is -2.44. The summed E-state index contributed by atoms with van der Waals surface area (Å²) in [6.45, 7) is 6.33. The molecule has 0 bridgehead atoms. The van der Waals surface area contributed by atoms with Gasteiger partial charge in [0.15, 0.2) is 0 Å². The first kappa shape index (κ1) is 19.7. The number of hydrogen-bond donors (Lipinski definition) is 0. The predicted molar refractivity (Wildman–Crippen MR) is 87.9 cm³/mol. The molecule has 1 fully saturated rings. The number of alkyl halides is 3. The predicted octanol–water partition coefficient (Wildman–Crippen LogP) is 5.14. The second-order valence-electron chi connectivity index (χ2n) is 6.92. The molecule has 1 saturated heterocycles. The van der Waals surface area contributed by atoms with Crippen LogP contribution in [-0.4, -0.2) is 35.8 Å². The summed E-state index contributed by atoms with van der Waals surface area (Å²) >= 11 is 5.69. The third-order valence-electron chi connectivity index (χ3n) is 3.64. The molecule has 25 heavy (non-hydrogen) atoms. The Bertz CT molecular complexity index is 621. The highest BCUT2D eigenvalue weighted by atomic mass is 35.5. The van der Waals surface area contributed by atoms with Crippen LogP contribution < -0.4 is 4.74 Å². The molecular weight excluding hydrogens is 359 g/mol. The van der Waals surface area contributed by atoms with Gasteiger partial charge >= 0.3 is 12.3 Å². The summed E-state index contributed by atoms with van der Waals surface area (Å²) in [6, 6.07) is 3.34. The lowest BCUT2D eigenvalue weighted by Gasteiger charge is -2.33. The third kappa shape index (κ3) is 5.70. The standard InChI is InChI=1S/C17H21ClF3NO3/c1-16(2,3)25-15(23)22-8-6-11(7-9-22)24-12-4-5-13(14(18)10-12)17(19,20)21/h4-5,10-11H,6-9H2,1-3H3. The number of nitrogens with zero attached hydrogens (tertiary/aromatic N) is 1. The van der Waals surface area contributed by atoms with Crippen LogP contribution >= 0.6 is 11.6 Å². The quantitative estimate of drug-likeness (QED) is 0.714. The fraction of sp³-hybridized carbons (Fsp3) is 0.588. The third-order valence-corrected chi connectivity index (χ3v) is 3.96. The van der Waals surface area contributed by atoms with Crippen molar-refractivity contribution >= 4 is 17.7 Å². The smallest absolute Gasteiger partial charge is 0.417 e. The SMILES string of the molecule is CC(C)(C)OC(=O)N1CCC(Oc2ccc(C(F)(F)F)c(Cl)c2)CC1. The molecule has 1 heterocycles. The molecule has 2 rings (SSSR count). The highest BCUT2D eigenvalue weighted by molar-refractivity contribution is 6.31. The molecule has 0 radical (unpaired) electrons. The molecule has 0 saturated carbocycles.